The molecule has 0 radical (unpaired) electrons. The molecule has 7 heteroatoms. The van der Waals surface area contributed by atoms with Gasteiger partial charge in [-0.2, -0.15) is 14.6 Å². The highest BCUT2D eigenvalue weighted by Gasteiger charge is 2.12. The first-order valence-electron chi connectivity index (χ1n) is 5.82. The van der Waals surface area contributed by atoms with Crippen molar-refractivity contribution in [3.63, 3.8) is 0 Å². The van der Waals surface area contributed by atoms with Gasteiger partial charge in [0.1, 0.15) is 12.1 Å². The first-order valence-corrected chi connectivity index (χ1v) is 6.23. The number of aryl methyl sites for hydroxylation is 1. The molecule has 0 saturated carbocycles. The molecule has 18 heavy (non-hydrogen) atoms. The van der Waals surface area contributed by atoms with Crippen LogP contribution in [-0.4, -0.2) is 37.7 Å². The van der Waals surface area contributed by atoms with Crippen LogP contribution >= 0.6 is 12.2 Å². The summed E-state index contributed by atoms with van der Waals surface area (Å²) in [5.74, 6) is 1.58. The van der Waals surface area contributed by atoms with Gasteiger partial charge in [-0.15, -0.1) is 0 Å². The fourth-order valence-electron chi connectivity index (χ4n) is 1.82. The number of anilines is 1. The van der Waals surface area contributed by atoms with Gasteiger partial charge in [-0.05, 0) is 13.8 Å². The zero-order valence-corrected chi connectivity index (χ0v) is 11.3. The van der Waals surface area contributed by atoms with Crippen molar-refractivity contribution in [2.75, 3.05) is 18.0 Å². The molecule has 0 amide bonds. The van der Waals surface area contributed by atoms with Gasteiger partial charge in [-0.1, -0.05) is 12.2 Å². The average Bonchev–Trinajstić information content (AvgIpc) is 2.77. The van der Waals surface area contributed by atoms with Crippen LogP contribution in [0.3, 0.4) is 0 Å². The van der Waals surface area contributed by atoms with E-state index in [1.165, 1.54) is 6.33 Å². The van der Waals surface area contributed by atoms with E-state index in [2.05, 4.69) is 26.9 Å². The number of rotatable bonds is 5. The molecule has 2 aromatic heterocycles. The Labute approximate surface area is 111 Å². The molecule has 2 N–H and O–H groups in total. The van der Waals surface area contributed by atoms with Crippen LogP contribution in [0, 0.1) is 6.92 Å². The molecule has 0 saturated heterocycles. The second-order valence-corrected chi connectivity index (χ2v) is 4.55. The smallest absolute Gasteiger partial charge is 0.254 e. The third-order valence-corrected chi connectivity index (χ3v) is 2.90. The van der Waals surface area contributed by atoms with E-state index < -0.39 is 0 Å². The Balaban J connectivity index is 2.37. The van der Waals surface area contributed by atoms with Crippen LogP contribution < -0.4 is 10.6 Å². The van der Waals surface area contributed by atoms with Crippen LogP contribution in [0.1, 0.15) is 19.0 Å². The molecule has 0 aliphatic carbocycles. The predicted molar refractivity (Wildman–Crippen MR) is 74.8 cm³/mol. The summed E-state index contributed by atoms with van der Waals surface area (Å²) in [7, 11) is 0. The third kappa shape index (κ3) is 2.56. The maximum absolute atomic E-state index is 5.55. The summed E-state index contributed by atoms with van der Waals surface area (Å²) in [6.07, 6.45) is 2.19. The Hall–Kier alpha value is -1.76. The fourth-order valence-corrected chi connectivity index (χ4v) is 1.91. The molecule has 0 aliphatic rings. The van der Waals surface area contributed by atoms with Gasteiger partial charge in [0.15, 0.2) is 0 Å². The monoisotopic (exact) mass is 264 g/mol. The molecule has 0 atom stereocenters. The zero-order valence-electron chi connectivity index (χ0n) is 10.5. The van der Waals surface area contributed by atoms with Gasteiger partial charge in [-0.25, -0.2) is 4.98 Å². The predicted octanol–water partition coefficient (Wildman–Crippen LogP) is 0.935. The first-order chi connectivity index (χ1) is 8.61. The summed E-state index contributed by atoms with van der Waals surface area (Å²) in [4.78, 5) is 11.1. The molecule has 0 spiro atoms. The molecule has 96 valence electrons. The van der Waals surface area contributed by atoms with Crippen LogP contribution in [0.5, 0.6) is 0 Å². The van der Waals surface area contributed by atoms with Crippen molar-refractivity contribution in [1.29, 1.82) is 0 Å². The highest BCUT2D eigenvalue weighted by molar-refractivity contribution is 7.80. The number of aromatic nitrogens is 4. The minimum Gasteiger partial charge on any atom is -0.393 e. The Bertz CT molecular complexity index is 564. The molecule has 6 nitrogen and oxygen atoms in total. The number of hydrogen-bond acceptors (Lipinski definition) is 5. The minimum absolute atomic E-state index is 0.522. The van der Waals surface area contributed by atoms with Crippen LogP contribution in [-0.2, 0) is 0 Å². The molecule has 0 aromatic carbocycles. The first kappa shape index (κ1) is 12.7. The Morgan fingerprint density at radius 3 is 3.00 bits per heavy atom. The van der Waals surface area contributed by atoms with Crippen molar-refractivity contribution in [1.82, 2.24) is 19.6 Å². The molecule has 2 aromatic rings. The summed E-state index contributed by atoms with van der Waals surface area (Å²) in [5, 5.41) is 4.19. The second-order valence-electron chi connectivity index (χ2n) is 4.02. The summed E-state index contributed by atoms with van der Waals surface area (Å²) in [5.41, 5.74) is 6.47. The Morgan fingerprint density at radius 2 is 2.33 bits per heavy atom. The van der Waals surface area contributed by atoms with E-state index in [1.807, 2.05) is 13.0 Å². The average molecular weight is 264 g/mol. The van der Waals surface area contributed by atoms with Gasteiger partial charge >= 0.3 is 0 Å². The molecular formula is C11H16N6S. The second kappa shape index (κ2) is 5.26. The summed E-state index contributed by atoms with van der Waals surface area (Å²) >= 11 is 4.92. The normalized spacial score (nSPS) is 10.8. The van der Waals surface area contributed by atoms with Crippen molar-refractivity contribution in [2.45, 2.75) is 20.3 Å². The molecule has 2 rings (SSSR count). The molecule has 0 unspecified atom stereocenters. The maximum atomic E-state index is 5.55. The maximum Gasteiger partial charge on any atom is 0.254 e. The fraction of sp³-hybridized carbons (Fsp3) is 0.455. The van der Waals surface area contributed by atoms with Crippen molar-refractivity contribution >= 4 is 28.8 Å². The van der Waals surface area contributed by atoms with E-state index in [-0.39, 0.29) is 0 Å². The number of thiocarbonyl (C=S) groups is 1. The molecular weight excluding hydrogens is 248 g/mol. The SMILES string of the molecule is CCN(CCC(N)=S)c1cc(C)nc2ncnn12. The van der Waals surface area contributed by atoms with Crippen LogP contribution in [0.4, 0.5) is 5.82 Å². The van der Waals surface area contributed by atoms with E-state index >= 15 is 0 Å². The van der Waals surface area contributed by atoms with E-state index in [9.17, 15) is 0 Å². The summed E-state index contributed by atoms with van der Waals surface area (Å²) in [6.45, 7) is 5.64. The number of nitrogens with zero attached hydrogens (tertiary/aromatic N) is 5. The van der Waals surface area contributed by atoms with Crippen molar-refractivity contribution in [3.8, 4) is 0 Å². The topological polar surface area (TPSA) is 72.3 Å². The van der Waals surface area contributed by atoms with Gasteiger partial charge < -0.3 is 10.6 Å². The largest absolute Gasteiger partial charge is 0.393 e. The molecule has 0 aliphatic heterocycles. The van der Waals surface area contributed by atoms with E-state index in [1.54, 1.807) is 4.52 Å². The number of hydrogen-bond donors (Lipinski definition) is 1. The Morgan fingerprint density at radius 1 is 1.56 bits per heavy atom. The number of fused-ring (bicyclic) bond motifs is 1. The molecule has 0 fully saturated rings. The minimum atomic E-state index is 0.522. The van der Waals surface area contributed by atoms with E-state index in [0.717, 1.165) is 24.6 Å². The van der Waals surface area contributed by atoms with Crippen LogP contribution in [0.25, 0.3) is 5.78 Å². The van der Waals surface area contributed by atoms with Gasteiger partial charge in [0, 0.05) is 31.3 Å². The van der Waals surface area contributed by atoms with Gasteiger partial charge in [0.05, 0.1) is 4.99 Å². The lowest BCUT2D eigenvalue weighted by Gasteiger charge is -2.23. The highest BCUT2D eigenvalue weighted by atomic mass is 32.1. The van der Waals surface area contributed by atoms with Crippen LogP contribution in [0.2, 0.25) is 0 Å². The zero-order chi connectivity index (χ0) is 13.1. The lowest BCUT2D eigenvalue weighted by molar-refractivity contribution is 0.779. The third-order valence-electron chi connectivity index (χ3n) is 2.69. The molecule has 2 heterocycles. The molecule has 0 bridgehead atoms. The van der Waals surface area contributed by atoms with Gasteiger partial charge in [-0.3, -0.25) is 0 Å². The quantitative estimate of drug-likeness (QED) is 0.810. The standard InChI is InChI=1S/C11H16N6S/c1-3-16(5-4-9(12)18)10-6-8(2)15-11-13-7-14-17(10)11/h6-7H,3-5H2,1-2H3,(H2,12,18). The summed E-state index contributed by atoms with van der Waals surface area (Å²) in [6, 6.07) is 1.99. The lowest BCUT2D eigenvalue weighted by Crippen LogP contribution is -2.29. The van der Waals surface area contributed by atoms with Gasteiger partial charge in [0.25, 0.3) is 5.78 Å². The van der Waals surface area contributed by atoms with E-state index in [4.69, 9.17) is 18.0 Å². The van der Waals surface area contributed by atoms with E-state index in [0.29, 0.717) is 17.2 Å². The lowest BCUT2D eigenvalue weighted by atomic mass is 10.3. The highest BCUT2D eigenvalue weighted by Crippen LogP contribution is 2.15. The van der Waals surface area contributed by atoms with Crippen molar-refractivity contribution < 1.29 is 0 Å². The van der Waals surface area contributed by atoms with Crippen LogP contribution in [0.15, 0.2) is 12.4 Å². The number of nitrogens with two attached hydrogens (primary N) is 1. The van der Waals surface area contributed by atoms with Gasteiger partial charge in [0.2, 0.25) is 0 Å². The van der Waals surface area contributed by atoms with Crippen molar-refractivity contribution in [2.24, 2.45) is 5.73 Å². The Kier molecular flexibility index (Phi) is 3.71. The van der Waals surface area contributed by atoms with Crippen molar-refractivity contribution in [3.05, 3.63) is 18.1 Å². The summed E-state index contributed by atoms with van der Waals surface area (Å²) < 4.78 is 1.73.